The molecule has 24 heavy (non-hydrogen) atoms. The highest BCUT2D eigenvalue weighted by Gasteiger charge is 2.44. The molecular weight excluding hydrogens is 316 g/mol. The number of aliphatic hydroxyl groups is 3. The Bertz CT molecular complexity index is 904. The molecule has 3 aromatic heterocycles. The van der Waals surface area contributed by atoms with Gasteiger partial charge in [-0.25, -0.2) is 9.97 Å². The lowest BCUT2D eigenvalue weighted by atomic mass is 10.1. The number of methoxy groups -OCH3 is 1. The predicted octanol–water partition coefficient (Wildman–Crippen LogP) is -0.457. The van der Waals surface area contributed by atoms with Crippen molar-refractivity contribution in [3.05, 3.63) is 18.6 Å². The first-order valence-electron chi connectivity index (χ1n) is 7.54. The largest absolute Gasteiger partial charge is 0.480 e. The summed E-state index contributed by atoms with van der Waals surface area (Å²) in [6.07, 6.45) is -0.863. The number of hydrogen-bond acceptors (Lipinski definition) is 7. The average Bonchev–Trinajstić information content (AvgIpc) is 3.21. The fraction of sp³-hybridized carbons (Fsp3) is 0.467. The van der Waals surface area contributed by atoms with Gasteiger partial charge in [-0.05, 0) is 6.07 Å². The minimum atomic E-state index is -1.19. The summed E-state index contributed by atoms with van der Waals surface area (Å²) in [7, 11) is 3.41. The Kier molecular flexibility index (Phi) is 3.46. The summed E-state index contributed by atoms with van der Waals surface area (Å²) < 4.78 is 14.6. The number of aliphatic hydroxyl groups excluding tert-OH is 3. The van der Waals surface area contributed by atoms with E-state index in [0.29, 0.717) is 16.9 Å². The van der Waals surface area contributed by atoms with Crippen molar-refractivity contribution in [3.8, 4) is 5.88 Å². The highest BCUT2D eigenvalue weighted by Crippen LogP contribution is 2.39. The van der Waals surface area contributed by atoms with Gasteiger partial charge in [-0.3, -0.25) is 4.57 Å². The molecule has 0 saturated carbocycles. The first kappa shape index (κ1) is 15.3. The fourth-order valence-electron chi connectivity index (χ4n) is 3.39. The molecule has 4 heterocycles. The van der Waals surface area contributed by atoms with E-state index in [9.17, 15) is 15.3 Å². The Labute approximate surface area is 136 Å². The Morgan fingerprint density at radius 2 is 2.08 bits per heavy atom. The number of hydrogen-bond donors (Lipinski definition) is 3. The zero-order valence-electron chi connectivity index (χ0n) is 13.2. The van der Waals surface area contributed by atoms with Gasteiger partial charge < -0.3 is 29.4 Å². The molecule has 0 spiro atoms. The number of fused-ring (bicyclic) bond motifs is 3. The lowest BCUT2D eigenvalue weighted by molar-refractivity contribution is -0.0489. The van der Waals surface area contributed by atoms with E-state index in [-0.39, 0.29) is 6.61 Å². The van der Waals surface area contributed by atoms with Crippen LogP contribution in [0, 0.1) is 0 Å². The SMILES string of the molecule is COc1ncnc2c1c1c(ccn1C)n2C1OC(CO)C(O)C1O. The van der Waals surface area contributed by atoms with Gasteiger partial charge in [0.25, 0.3) is 0 Å². The van der Waals surface area contributed by atoms with E-state index < -0.39 is 24.5 Å². The van der Waals surface area contributed by atoms with Crippen molar-refractivity contribution < 1.29 is 24.8 Å². The lowest BCUT2D eigenvalue weighted by Crippen LogP contribution is -2.33. The molecule has 4 unspecified atom stereocenters. The van der Waals surface area contributed by atoms with Gasteiger partial charge in [-0.2, -0.15) is 0 Å². The minimum absolute atomic E-state index is 0.385. The normalized spacial score (nSPS) is 27.4. The first-order chi connectivity index (χ1) is 11.6. The third-order valence-electron chi connectivity index (χ3n) is 4.53. The molecule has 9 heteroatoms. The van der Waals surface area contributed by atoms with Crippen LogP contribution in [-0.2, 0) is 11.8 Å². The third kappa shape index (κ3) is 1.89. The first-order valence-corrected chi connectivity index (χ1v) is 7.54. The molecule has 9 nitrogen and oxygen atoms in total. The highest BCUT2D eigenvalue weighted by atomic mass is 16.6. The summed E-state index contributed by atoms with van der Waals surface area (Å²) in [5.41, 5.74) is 2.12. The molecule has 1 saturated heterocycles. The molecule has 0 radical (unpaired) electrons. The maximum atomic E-state index is 10.4. The second-order valence-corrected chi connectivity index (χ2v) is 5.84. The van der Waals surface area contributed by atoms with Crippen LogP contribution < -0.4 is 4.74 Å². The number of ether oxygens (including phenoxy) is 2. The van der Waals surface area contributed by atoms with Gasteiger partial charge >= 0.3 is 0 Å². The standard InChI is InChI=1S/C15H18N4O5/c1-18-4-3-7-10(18)9-13(16-6-17-14(9)23-2)19(7)15-12(22)11(21)8(5-20)24-15/h3-4,6,8,11-12,15,20-22H,5H2,1-2H3. The number of aromatic nitrogens is 4. The number of rotatable bonds is 3. The Balaban J connectivity index is 2.01. The van der Waals surface area contributed by atoms with Crippen molar-refractivity contribution >= 4 is 22.1 Å². The quantitative estimate of drug-likeness (QED) is 0.594. The average molecular weight is 334 g/mol. The molecule has 0 aromatic carbocycles. The number of aryl methyl sites for hydroxylation is 1. The molecule has 1 aliphatic rings. The Morgan fingerprint density at radius 3 is 2.75 bits per heavy atom. The van der Waals surface area contributed by atoms with E-state index in [2.05, 4.69) is 9.97 Å². The smallest absolute Gasteiger partial charge is 0.228 e. The van der Waals surface area contributed by atoms with E-state index in [1.807, 2.05) is 23.9 Å². The van der Waals surface area contributed by atoms with Crippen LogP contribution in [0.15, 0.2) is 18.6 Å². The molecule has 3 aromatic rings. The summed E-state index contributed by atoms with van der Waals surface area (Å²) in [5.74, 6) is 0.414. The summed E-state index contributed by atoms with van der Waals surface area (Å²) in [6, 6.07) is 1.87. The molecule has 3 N–H and O–H groups in total. The molecule has 128 valence electrons. The fourth-order valence-corrected chi connectivity index (χ4v) is 3.39. The summed E-state index contributed by atoms with van der Waals surface area (Å²) >= 11 is 0. The van der Waals surface area contributed by atoms with E-state index in [1.165, 1.54) is 13.4 Å². The lowest BCUT2D eigenvalue weighted by Gasteiger charge is -2.18. The van der Waals surface area contributed by atoms with E-state index in [1.54, 1.807) is 4.57 Å². The van der Waals surface area contributed by atoms with Gasteiger partial charge in [0, 0.05) is 13.2 Å². The van der Waals surface area contributed by atoms with Crippen LogP contribution in [0.5, 0.6) is 5.88 Å². The summed E-state index contributed by atoms with van der Waals surface area (Å²) in [4.78, 5) is 8.47. The van der Waals surface area contributed by atoms with Crippen molar-refractivity contribution in [2.75, 3.05) is 13.7 Å². The highest BCUT2D eigenvalue weighted by molar-refractivity contribution is 6.07. The molecule has 4 rings (SSSR count). The van der Waals surface area contributed by atoms with Crippen molar-refractivity contribution in [2.24, 2.45) is 7.05 Å². The van der Waals surface area contributed by atoms with E-state index in [4.69, 9.17) is 9.47 Å². The van der Waals surface area contributed by atoms with Gasteiger partial charge in [-0.15, -0.1) is 0 Å². The minimum Gasteiger partial charge on any atom is -0.480 e. The van der Waals surface area contributed by atoms with Crippen LogP contribution in [0.2, 0.25) is 0 Å². The van der Waals surface area contributed by atoms with Crippen molar-refractivity contribution in [3.63, 3.8) is 0 Å². The maximum absolute atomic E-state index is 10.4. The van der Waals surface area contributed by atoms with E-state index in [0.717, 1.165) is 11.0 Å². The molecule has 4 atom stereocenters. The Morgan fingerprint density at radius 1 is 1.29 bits per heavy atom. The van der Waals surface area contributed by atoms with Crippen molar-refractivity contribution in [1.29, 1.82) is 0 Å². The van der Waals surface area contributed by atoms with Crippen LogP contribution in [0.25, 0.3) is 22.1 Å². The van der Waals surface area contributed by atoms with Crippen LogP contribution in [0.3, 0.4) is 0 Å². The summed E-state index contributed by atoms with van der Waals surface area (Å²) in [6.45, 7) is -0.385. The third-order valence-corrected chi connectivity index (χ3v) is 4.53. The molecule has 0 bridgehead atoms. The van der Waals surface area contributed by atoms with Gasteiger partial charge in [-0.1, -0.05) is 0 Å². The van der Waals surface area contributed by atoms with Crippen LogP contribution in [-0.4, -0.2) is 66.5 Å². The monoisotopic (exact) mass is 334 g/mol. The van der Waals surface area contributed by atoms with Crippen LogP contribution in [0.1, 0.15) is 6.23 Å². The molecular formula is C15H18N4O5. The van der Waals surface area contributed by atoms with Gasteiger partial charge in [0.15, 0.2) is 11.9 Å². The van der Waals surface area contributed by atoms with Gasteiger partial charge in [0.2, 0.25) is 5.88 Å². The molecule has 0 amide bonds. The van der Waals surface area contributed by atoms with Crippen molar-refractivity contribution in [1.82, 2.24) is 19.1 Å². The maximum Gasteiger partial charge on any atom is 0.228 e. The predicted molar refractivity (Wildman–Crippen MR) is 83.6 cm³/mol. The zero-order chi connectivity index (χ0) is 17.0. The van der Waals surface area contributed by atoms with Crippen molar-refractivity contribution in [2.45, 2.75) is 24.5 Å². The van der Waals surface area contributed by atoms with Gasteiger partial charge in [0.1, 0.15) is 30.0 Å². The van der Waals surface area contributed by atoms with Crippen LogP contribution in [0.4, 0.5) is 0 Å². The second-order valence-electron chi connectivity index (χ2n) is 5.84. The number of nitrogens with zero attached hydrogens (tertiary/aromatic N) is 4. The Hall–Kier alpha value is -2.20. The van der Waals surface area contributed by atoms with Gasteiger partial charge in [0.05, 0.1) is 24.8 Å². The van der Waals surface area contributed by atoms with Crippen LogP contribution >= 0.6 is 0 Å². The van der Waals surface area contributed by atoms with E-state index >= 15 is 0 Å². The topological polar surface area (TPSA) is 115 Å². The molecule has 1 aliphatic heterocycles. The summed E-state index contributed by atoms with van der Waals surface area (Å²) in [5, 5.41) is 30.5. The molecule has 1 fully saturated rings. The zero-order valence-corrected chi connectivity index (χ0v) is 13.2. The molecule has 0 aliphatic carbocycles. The second kappa shape index (κ2) is 5.42.